The Morgan fingerprint density at radius 3 is 2.94 bits per heavy atom. The fourth-order valence-corrected chi connectivity index (χ4v) is 1.55. The molecule has 7 heteroatoms. The standard InChI is InChI=1S/C9H9BN4O2/c1-4-3-12-7(11)6-5(8(15)16-2)13-9(10)14(4)6/h3H,1-2H3,(H2,11,12). The predicted molar refractivity (Wildman–Crippen MR) is 58.9 cm³/mol. The van der Waals surface area contributed by atoms with Gasteiger partial charge in [-0.05, 0) is 6.92 Å². The number of hydrogen-bond donors (Lipinski definition) is 1. The first kappa shape index (κ1) is 10.5. The molecule has 0 unspecified atom stereocenters. The van der Waals surface area contributed by atoms with Crippen LogP contribution in [0.2, 0.25) is 0 Å². The Morgan fingerprint density at radius 2 is 2.31 bits per heavy atom. The summed E-state index contributed by atoms with van der Waals surface area (Å²) in [4.78, 5) is 19.3. The zero-order chi connectivity index (χ0) is 11.9. The topological polar surface area (TPSA) is 82.5 Å². The number of imidazole rings is 1. The first-order valence-electron chi connectivity index (χ1n) is 4.53. The van der Waals surface area contributed by atoms with Gasteiger partial charge in [0.1, 0.15) is 11.3 Å². The van der Waals surface area contributed by atoms with Gasteiger partial charge in [0, 0.05) is 11.9 Å². The number of carbonyl (C=O) groups is 1. The van der Waals surface area contributed by atoms with Crippen LogP contribution in [0.4, 0.5) is 5.82 Å². The van der Waals surface area contributed by atoms with Crippen LogP contribution in [0.3, 0.4) is 0 Å². The molecule has 2 radical (unpaired) electrons. The van der Waals surface area contributed by atoms with E-state index in [1.54, 1.807) is 17.5 Å². The quantitative estimate of drug-likeness (QED) is 0.498. The summed E-state index contributed by atoms with van der Waals surface area (Å²) in [7, 11) is 6.97. The number of aryl methyl sites for hydroxylation is 1. The van der Waals surface area contributed by atoms with Crippen molar-refractivity contribution in [2.75, 3.05) is 12.8 Å². The molecule has 0 aromatic carbocycles. The molecule has 0 aliphatic carbocycles. The molecule has 0 saturated heterocycles. The summed E-state index contributed by atoms with van der Waals surface area (Å²) in [5, 5.41) is 0. The average molecular weight is 216 g/mol. The van der Waals surface area contributed by atoms with E-state index < -0.39 is 5.97 Å². The van der Waals surface area contributed by atoms with Crippen molar-refractivity contribution in [1.82, 2.24) is 14.4 Å². The number of rotatable bonds is 1. The molecule has 0 saturated carbocycles. The largest absolute Gasteiger partial charge is 0.464 e. The highest BCUT2D eigenvalue weighted by molar-refractivity contribution is 6.30. The van der Waals surface area contributed by atoms with E-state index in [0.717, 1.165) is 5.69 Å². The van der Waals surface area contributed by atoms with Crippen LogP contribution in [0, 0.1) is 6.92 Å². The number of esters is 1. The van der Waals surface area contributed by atoms with E-state index >= 15 is 0 Å². The molecule has 80 valence electrons. The Morgan fingerprint density at radius 1 is 1.62 bits per heavy atom. The fourth-order valence-electron chi connectivity index (χ4n) is 1.55. The molecule has 6 nitrogen and oxygen atoms in total. The molecule has 16 heavy (non-hydrogen) atoms. The molecule has 2 rings (SSSR count). The van der Waals surface area contributed by atoms with Gasteiger partial charge in [0.15, 0.2) is 13.5 Å². The number of fused-ring (bicyclic) bond motifs is 1. The number of carbonyl (C=O) groups excluding carboxylic acids is 1. The minimum Gasteiger partial charge on any atom is -0.464 e. The monoisotopic (exact) mass is 216 g/mol. The van der Waals surface area contributed by atoms with Crippen LogP contribution in [0.1, 0.15) is 16.2 Å². The molecule has 2 aromatic rings. The number of nitrogens with zero attached hydrogens (tertiary/aromatic N) is 3. The Balaban J connectivity index is 2.88. The van der Waals surface area contributed by atoms with E-state index in [4.69, 9.17) is 13.6 Å². The number of hydrogen-bond acceptors (Lipinski definition) is 5. The molecule has 0 aliphatic rings. The third-order valence-electron chi connectivity index (χ3n) is 2.27. The molecular formula is C9H9BN4O2. The van der Waals surface area contributed by atoms with Gasteiger partial charge >= 0.3 is 5.97 Å². The summed E-state index contributed by atoms with van der Waals surface area (Å²) in [5.41, 5.74) is 7.08. The highest BCUT2D eigenvalue weighted by Gasteiger charge is 2.19. The zero-order valence-corrected chi connectivity index (χ0v) is 8.89. The Hall–Kier alpha value is -2.05. The van der Waals surface area contributed by atoms with Crippen molar-refractivity contribution in [3.63, 3.8) is 0 Å². The van der Waals surface area contributed by atoms with Crippen LogP contribution >= 0.6 is 0 Å². The van der Waals surface area contributed by atoms with E-state index in [1.807, 2.05) is 0 Å². The van der Waals surface area contributed by atoms with E-state index in [1.165, 1.54) is 7.11 Å². The lowest BCUT2D eigenvalue weighted by molar-refractivity contribution is 0.0597. The lowest BCUT2D eigenvalue weighted by atomic mass is 10.1. The second-order valence-electron chi connectivity index (χ2n) is 3.28. The number of anilines is 1. The molecular weight excluding hydrogens is 207 g/mol. The number of aromatic nitrogens is 3. The van der Waals surface area contributed by atoms with E-state index in [2.05, 4.69) is 14.7 Å². The van der Waals surface area contributed by atoms with Gasteiger partial charge in [-0.1, -0.05) is 0 Å². The van der Waals surface area contributed by atoms with Gasteiger partial charge in [-0.15, -0.1) is 0 Å². The normalized spacial score (nSPS) is 10.6. The molecule has 2 N–H and O–H groups in total. The lowest BCUT2D eigenvalue weighted by Crippen LogP contribution is -2.15. The van der Waals surface area contributed by atoms with Crippen LogP contribution in [0.15, 0.2) is 6.20 Å². The molecule has 0 bridgehead atoms. The molecule has 2 aromatic heterocycles. The fraction of sp³-hybridized carbons (Fsp3) is 0.222. The zero-order valence-electron chi connectivity index (χ0n) is 8.89. The Labute approximate surface area is 92.9 Å². The molecule has 0 fully saturated rings. The van der Waals surface area contributed by atoms with Gasteiger partial charge in [-0.3, -0.25) is 0 Å². The second kappa shape index (κ2) is 3.51. The smallest absolute Gasteiger partial charge is 0.359 e. The molecule has 0 spiro atoms. The third kappa shape index (κ3) is 1.32. The van der Waals surface area contributed by atoms with Crippen LogP contribution in [0.5, 0.6) is 0 Å². The highest BCUT2D eigenvalue weighted by atomic mass is 16.5. The van der Waals surface area contributed by atoms with Crippen molar-refractivity contribution in [2.24, 2.45) is 0 Å². The summed E-state index contributed by atoms with van der Waals surface area (Å²) < 4.78 is 6.16. The summed E-state index contributed by atoms with van der Waals surface area (Å²) in [6.07, 6.45) is 1.56. The van der Waals surface area contributed by atoms with Crippen molar-refractivity contribution in [1.29, 1.82) is 0 Å². The minimum atomic E-state index is -0.590. The van der Waals surface area contributed by atoms with Crippen LogP contribution in [0.25, 0.3) is 5.52 Å². The molecule has 0 atom stereocenters. The van der Waals surface area contributed by atoms with Crippen molar-refractivity contribution in [3.8, 4) is 0 Å². The van der Waals surface area contributed by atoms with E-state index in [-0.39, 0.29) is 17.2 Å². The maximum absolute atomic E-state index is 11.5. The van der Waals surface area contributed by atoms with Crippen LogP contribution < -0.4 is 11.5 Å². The minimum absolute atomic E-state index is 0.0775. The third-order valence-corrected chi connectivity index (χ3v) is 2.27. The summed E-state index contributed by atoms with van der Waals surface area (Å²) in [5.74, 6) is -0.400. The number of nitrogen functional groups attached to an aromatic ring is 1. The maximum Gasteiger partial charge on any atom is 0.359 e. The van der Waals surface area contributed by atoms with Crippen molar-refractivity contribution in [2.45, 2.75) is 6.92 Å². The van der Waals surface area contributed by atoms with Crippen LogP contribution in [-0.2, 0) is 4.74 Å². The maximum atomic E-state index is 11.5. The summed E-state index contributed by atoms with van der Waals surface area (Å²) in [6.45, 7) is 1.79. The van der Waals surface area contributed by atoms with Gasteiger partial charge in [-0.2, -0.15) is 0 Å². The number of ether oxygens (including phenoxy) is 1. The van der Waals surface area contributed by atoms with Gasteiger partial charge in [-0.25, -0.2) is 14.8 Å². The first-order valence-corrected chi connectivity index (χ1v) is 4.53. The van der Waals surface area contributed by atoms with E-state index in [9.17, 15) is 4.79 Å². The number of methoxy groups -OCH3 is 1. The van der Waals surface area contributed by atoms with E-state index in [0.29, 0.717) is 5.52 Å². The van der Waals surface area contributed by atoms with Gasteiger partial charge in [0.05, 0.1) is 12.8 Å². The molecule has 0 aliphatic heterocycles. The summed E-state index contributed by atoms with van der Waals surface area (Å²) >= 11 is 0. The first-order chi connectivity index (χ1) is 7.56. The van der Waals surface area contributed by atoms with Crippen LogP contribution in [-0.4, -0.2) is 35.3 Å². The highest BCUT2D eigenvalue weighted by Crippen LogP contribution is 2.16. The average Bonchev–Trinajstić information content (AvgIpc) is 2.62. The van der Waals surface area contributed by atoms with Crippen molar-refractivity contribution in [3.05, 3.63) is 17.6 Å². The van der Waals surface area contributed by atoms with Gasteiger partial charge < -0.3 is 14.9 Å². The van der Waals surface area contributed by atoms with Crippen molar-refractivity contribution < 1.29 is 9.53 Å². The lowest BCUT2D eigenvalue weighted by Gasteiger charge is -2.04. The van der Waals surface area contributed by atoms with Crippen molar-refractivity contribution >= 4 is 30.9 Å². The SMILES string of the molecule is [B]c1nc(C(=O)OC)c2c(N)ncc(C)n12. The summed E-state index contributed by atoms with van der Waals surface area (Å²) in [6, 6.07) is 0. The van der Waals surface area contributed by atoms with Gasteiger partial charge in [0.25, 0.3) is 0 Å². The molecule has 0 amide bonds. The Bertz CT molecular complexity index is 578. The van der Waals surface area contributed by atoms with Gasteiger partial charge in [0.2, 0.25) is 0 Å². The predicted octanol–water partition coefficient (Wildman–Crippen LogP) is -0.800. The number of nitrogens with two attached hydrogens (primary N) is 1. The molecule has 2 heterocycles. The Kier molecular flexibility index (Phi) is 2.30. The second-order valence-corrected chi connectivity index (χ2v) is 3.28.